The molecule has 0 aliphatic rings. The summed E-state index contributed by atoms with van der Waals surface area (Å²) in [6.45, 7) is 6.94. The summed E-state index contributed by atoms with van der Waals surface area (Å²) < 4.78 is 0. The monoisotopic (exact) mass is 1120 g/mol. The van der Waals surface area contributed by atoms with Crippen LogP contribution in [0.5, 0.6) is 0 Å². The van der Waals surface area contributed by atoms with Crippen LogP contribution in [0.25, 0.3) is 0 Å². The van der Waals surface area contributed by atoms with Gasteiger partial charge in [-0.3, -0.25) is 43.2 Å². The largest absolute Gasteiger partial charge is 0.480 e. The fourth-order valence-electron chi connectivity index (χ4n) is 7.72. The average Bonchev–Trinajstić information content (AvgIpc) is 3.39. The van der Waals surface area contributed by atoms with E-state index in [1.807, 2.05) is 0 Å². The van der Waals surface area contributed by atoms with Crippen LogP contribution in [-0.4, -0.2) is 180 Å². The lowest BCUT2D eigenvalue weighted by atomic mass is 9.99. The van der Waals surface area contributed by atoms with E-state index in [1.54, 1.807) is 64.3 Å². The van der Waals surface area contributed by atoms with E-state index in [4.69, 9.17) is 22.9 Å². The number of aliphatic hydroxyl groups is 2. The normalized spacial score (nSPS) is 15.1. The van der Waals surface area contributed by atoms with E-state index in [1.165, 1.54) is 18.7 Å². The predicted molar refractivity (Wildman–Crippen MR) is 294 cm³/mol. The van der Waals surface area contributed by atoms with Gasteiger partial charge in [-0.1, -0.05) is 58.0 Å². The Labute approximate surface area is 461 Å². The molecule has 0 aromatic heterocycles. The molecule has 442 valence electrons. The minimum Gasteiger partial charge on any atom is -0.480 e. The van der Waals surface area contributed by atoms with Crippen molar-refractivity contribution in [2.45, 2.75) is 166 Å². The van der Waals surface area contributed by atoms with Crippen LogP contribution in [0, 0.1) is 11.8 Å². The molecule has 26 nitrogen and oxygen atoms in total. The summed E-state index contributed by atoms with van der Waals surface area (Å²) in [5, 5.41) is 53.2. The molecular formula is C51H89N13O13S. The molecule has 20 N–H and O–H groups in total. The highest BCUT2D eigenvalue weighted by atomic mass is 32.2. The summed E-state index contributed by atoms with van der Waals surface area (Å²) in [6.07, 6.45) is 4.52. The summed E-state index contributed by atoms with van der Waals surface area (Å²) in [5.74, 6) is -9.57. The van der Waals surface area contributed by atoms with Crippen LogP contribution < -0.4 is 70.8 Å². The molecule has 0 saturated heterocycles. The highest BCUT2D eigenvalue weighted by molar-refractivity contribution is 7.98. The van der Waals surface area contributed by atoms with E-state index in [9.17, 15) is 63.3 Å². The summed E-state index contributed by atoms with van der Waals surface area (Å²) >= 11 is 1.36. The van der Waals surface area contributed by atoms with Gasteiger partial charge >= 0.3 is 5.97 Å². The molecule has 27 heteroatoms. The summed E-state index contributed by atoms with van der Waals surface area (Å²) in [6, 6.07) is -4.45. The molecule has 0 unspecified atom stereocenters. The number of aliphatic carboxylic acids is 1. The van der Waals surface area contributed by atoms with Crippen molar-refractivity contribution in [1.82, 2.24) is 47.9 Å². The molecule has 0 heterocycles. The van der Waals surface area contributed by atoms with Crippen molar-refractivity contribution in [3.05, 3.63) is 35.9 Å². The van der Waals surface area contributed by atoms with Gasteiger partial charge in [-0.05, 0) is 120 Å². The lowest BCUT2D eigenvalue weighted by Gasteiger charge is -2.30. The molecule has 9 amide bonds. The lowest BCUT2D eigenvalue weighted by molar-refractivity contribution is -0.142. The number of unbranched alkanes of at least 4 members (excludes halogenated alkanes) is 3. The molecule has 0 bridgehead atoms. The van der Waals surface area contributed by atoms with Gasteiger partial charge in [0.15, 0.2) is 0 Å². The van der Waals surface area contributed by atoms with Crippen LogP contribution in [-0.2, 0) is 54.4 Å². The number of rotatable bonds is 40. The Balaban J connectivity index is 3.34. The first-order valence-electron chi connectivity index (χ1n) is 26.6. The van der Waals surface area contributed by atoms with E-state index < -0.39 is 145 Å². The minimum atomic E-state index is -1.65. The van der Waals surface area contributed by atoms with E-state index in [-0.39, 0.29) is 45.2 Å². The van der Waals surface area contributed by atoms with Gasteiger partial charge in [-0.2, -0.15) is 11.8 Å². The zero-order chi connectivity index (χ0) is 58.9. The van der Waals surface area contributed by atoms with Crippen molar-refractivity contribution in [3.63, 3.8) is 0 Å². The van der Waals surface area contributed by atoms with Gasteiger partial charge in [0, 0.05) is 6.42 Å². The second kappa shape index (κ2) is 38.6. The number of hydrogen-bond donors (Lipinski definition) is 16. The number of carbonyl (C=O) groups is 10. The number of thioether (sulfide) groups is 1. The standard InChI is InChI=1S/C51H89N13O13S/c1-29(2)40(63-45(70)34(19-11-14-23-53)57-47(72)38(27-65)61-42(67)31(5)55)49(74)59-35(20-12-15-24-54)46(71)64-41(30(3)4)50(75)62-39(28-66)48(73)58-36(21-25-78-6)44(69)56-33(18-10-13-22-52)43(68)60-37(51(76)77)26-32-16-8-7-9-17-32/h7-9,16-17,29-31,33-41,65-66H,10-15,18-28,52-55H2,1-6H3,(H,56,69)(H,57,72)(H,58,73)(H,59,74)(H,60,68)(H,61,67)(H,62,75)(H,63,70)(H,64,71)(H,76,77)/t31-,33-,34-,35-,36-,37-,38-,39-,40-,41-/m0/s1. The zero-order valence-corrected chi connectivity index (χ0v) is 46.8. The molecule has 10 atom stereocenters. The van der Waals surface area contributed by atoms with Gasteiger partial charge in [0.25, 0.3) is 0 Å². The molecule has 1 aromatic carbocycles. The third-order valence-corrected chi connectivity index (χ3v) is 13.1. The topological polar surface area (TPSA) is 444 Å². The Morgan fingerprint density at radius 1 is 0.449 bits per heavy atom. The third-order valence-electron chi connectivity index (χ3n) is 12.4. The van der Waals surface area contributed by atoms with Gasteiger partial charge in [0.1, 0.15) is 54.4 Å². The molecule has 0 radical (unpaired) electrons. The number of carboxylic acids is 1. The highest BCUT2D eigenvalue weighted by Crippen LogP contribution is 2.12. The van der Waals surface area contributed by atoms with E-state index >= 15 is 0 Å². The number of amides is 9. The Kier molecular flexibility index (Phi) is 34.6. The van der Waals surface area contributed by atoms with Crippen LogP contribution in [0.15, 0.2) is 30.3 Å². The average molecular weight is 1120 g/mol. The molecule has 1 rings (SSSR count). The van der Waals surface area contributed by atoms with Crippen molar-refractivity contribution >= 4 is 70.9 Å². The van der Waals surface area contributed by atoms with Crippen molar-refractivity contribution in [2.75, 3.05) is 44.9 Å². The number of carbonyl (C=O) groups excluding carboxylic acids is 9. The number of hydrogen-bond acceptors (Lipinski definition) is 17. The number of benzene rings is 1. The first kappa shape index (κ1) is 70.0. The third kappa shape index (κ3) is 26.1. The van der Waals surface area contributed by atoms with Crippen molar-refractivity contribution in [3.8, 4) is 0 Å². The SMILES string of the molecule is CSCC[C@H](NC(=O)[C@H](CO)NC(=O)[C@@H](NC(=O)[C@H](CCCCN)NC(=O)[C@@H](NC(=O)[C@H](CCCCN)NC(=O)[C@H](CO)NC(=O)[C@H](C)N)C(C)C)C(C)C)C(=O)N[C@@H](CCCCN)C(=O)N[C@@H](Cc1ccccc1)C(=O)O. The van der Waals surface area contributed by atoms with Crippen molar-refractivity contribution < 1.29 is 63.3 Å². The van der Waals surface area contributed by atoms with Gasteiger partial charge in [-0.15, -0.1) is 0 Å². The molecular weight excluding hydrogens is 1030 g/mol. The van der Waals surface area contributed by atoms with Gasteiger partial charge in [0.05, 0.1) is 19.3 Å². The van der Waals surface area contributed by atoms with Crippen molar-refractivity contribution in [1.29, 1.82) is 0 Å². The fraction of sp³-hybridized carbons (Fsp3) is 0.686. The first-order valence-corrected chi connectivity index (χ1v) is 28.0. The molecule has 1 aromatic rings. The lowest BCUT2D eigenvalue weighted by Crippen LogP contribution is -2.62. The summed E-state index contributed by atoms with van der Waals surface area (Å²) in [4.78, 5) is 135. The number of nitrogens with two attached hydrogens (primary N) is 4. The van der Waals surface area contributed by atoms with Gasteiger partial charge in [-0.25, -0.2) is 4.79 Å². The Morgan fingerprint density at radius 2 is 0.769 bits per heavy atom. The number of aliphatic hydroxyl groups excluding tert-OH is 2. The van der Waals surface area contributed by atoms with Gasteiger partial charge < -0.3 is 86.1 Å². The maximum Gasteiger partial charge on any atom is 0.326 e. The van der Waals surface area contributed by atoms with E-state index in [0.29, 0.717) is 56.4 Å². The molecule has 0 aliphatic carbocycles. The minimum absolute atomic E-state index is 0.0308. The van der Waals surface area contributed by atoms with Gasteiger partial charge in [0.2, 0.25) is 53.2 Å². The zero-order valence-electron chi connectivity index (χ0n) is 46.0. The van der Waals surface area contributed by atoms with Crippen LogP contribution >= 0.6 is 11.8 Å². The number of nitrogens with one attached hydrogen (secondary N) is 9. The van der Waals surface area contributed by atoms with E-state index in [0.717, 1.165) is 0 Å². The van der Waals surface area contributed by atoms with Crippen LogP contribution in [0.3, 0.4) is 0 Å². The maximum atomic E-state index is 14.1. The summed E-state index contributed by atoms with van der Waals surface area (Å²) in [7, 11) is 0. The molecule has 0 saturated carbocycles. The highest BCUT2D eigenvalue weighted by Gasteiger charge is 2.36. The predicted octanol–water partition coefficient (Wildman–Crippen LogP) is -3.54. The Bertz CT molecular complexity index is 2060. The second-order valence-corrected chi connectivity index (χ2v) is 20.7. The molecule has 0 spiro atoms. The first-order chi connectivity index (χ1) is 37.0. The van der Waals surface area contributed by atoms with Crippen LogP contribution in [0.2, 0.25) is 0 Å². The molecule has 0 fully saturated rings. The Hall–Kier alpha value is -5.97. The van der Waals surface area contributed by atoms with Crippen molar-refractivity contribution in [2.24, 2.45) is 34.8 Å². The van der Waals surface area contributed by atoms with Crippen LogP contribution in [0.4, 0.5) is 0 Å². The smallest absolute Gasteiger partial charge is 0.326 e. The second-order valence-electron chi connectivity index (χ2n) is 19.7. The number of carboxylic acid groups (broad SMARTS) is 1. The van der Waals surface area contributed by atoms with Crippen LogP contribution in [0.1, 0.15) is 104 Å². The molecule has 0 aliphatic heterocycles. The van der Waals surface area contributed by atoms with E-state index in [2.05, 4.69) is 47.9 Å². The Morgan fingerprint density at radius 3 is 1.10 bits per heavy atom. The fourth-order valence-corrected chi connectivity index (χ4v) is 8.19. The summed E-state index contributed by atoms with van der Waals surface area (Å²) in [5.41, 5.74) is 23.3. The quantitative estimate of drug-likeness (QED) is 0.0283. The molecule has 78 heavy (non-hydrogen) atoms. The maximum absolute atomic E-state index is 14.1.